The Morgan fingerprint density at radius 1 is 1.25 bits per heavy atom. The third kappa shape index (κ3) is 2.65. The largest absolute Gasteiger partial charge is 0.481 e. The molecule has 1 aromatic carbocycles. The van der Waals surface area contributed by atoms with E-state index in [0.29, 0.717) is 12.8 Å². The van der Waals surface area contributed by atoms with Crippen molar-refractivity contribution >= 4 is 16.0 Å². The van der Waals surface area contributed by atoms with E-state index >= 15 is 0 Å². The van der Waals surface area contributed by atoms with Gasteiger partial charge in [0.25, 0.3) is 0 Å². The van der Waals surface area contributed by atoms with Crippen molar-refractivity contribution in [1.82, 2.24) is 4.31 Å². The lowest BCUT2D eigenvalue weighted by molar-refractivity contribution is -0.142. The van der Waals surface area contributed by atoms with Crippen molar-refractivity contribution in [2.75, 3.05) is 0 Å². The van der Waals surface area contributed by atoms with Crippen LogP contribution in [0.4, 0.5) is 0 Å². The van der Waals surface area contributed by atoms with Crippen molar-refractivity contribution in [1.29, 1.82) is 0 Å². The van der Waals surface area contributed by atoms with Crippen LogP contribution >= 0.6 is 0 Å². The Bertz CT molecular complexity index is 739. The molecule has 3 rings (SSSR count). The molecule has 132 valence electrons. The van der Waals surface area contributed by atoms with E-state index in [2.05, 4.69) is 20.8 Å². The number of hydrogen-bond donors (Lipinski definition) is 1. The van der Waals surface area contributed by atoms with Crippen molar-refractivity contribution in [2.24, 2.45) is 5.92 Å². The lowest BCUT2D eigenvalue weighted by atomic mass is 9.82. The summed E-state index contributed by atoms with van der Waals surface area (Å²) in [6, 6.07) is 6.51. The smallest absolute Gasteiger partial charge is 0.308 e. The molecule has 2 bridgehead atoms. The molecule has 0 radical (unpaired) electrons. The number of nitrogens with zero attached hydrogens (tertiary/aromatic N) is 1. The molecular weight excluding hydrogens is 326 g/mol. The Kier molecular flexibility index (Phi) is 4.24. The van der Waals surface area contributed by atoms with Gasteiger partial charge in [-0.3, -0.25) is 4.79 Å². The van der Waals surface area contributed by atoms with Gasteiger partial charge in [0.05, 0.1) is 10.8 Å². The fraction of sp³-hybridized carbons (Fsp3) is 0.611. The first kappa shape index (κ1) is 17.4. The quantitative estimate of drug-likeness (QED) is 0.885. The molecule has 2 heterocycles. The summed E-state index contributed by atoms with van der Waals surface area (Å²) in [6.07, 6.45) is 2.80. The molecule has 3 unspecified atom stereocenters. The summed E-state index contributed by atoms with van der Waals surface area (Å²) in [5, 5.41) is 9.32. The maximum absolute atomic E-state index is 13.0. The van der Waals surface area contributed by atoms with Gasteiger partial charge in [-0.25, -0.2) is 8.42 Å². The zero-order chi connectivity index (χ0) is 17.7. The molecule has 1 N–H and O–H groups in total. The Hall–Kier alpha value is -1.40. The number of carbonyl (C=O) groups is 1. The molecule has 3 atom stereocenters. The normalized spacial score (nSPS) is 27.5. The molecule has 2 fully saturated rings. The minimum Gasteiger partial charge on any atom is -0.481 e. The molecule has 0 aromatic heterocycles. The van der Waals surface area contributed by atoms with Crippen LogP contribution in [0.3, 0.4) is 0 Å². The van der Waals surface area contributed by atoms with Gasteiger partial charge in [-0.1, -0.05) is 32.9 Å². The summed E-state index contributed by atoms with van der Waals surface area (Å²) in [6.45, 7) is 6.38. The average Bonchev–Trinajstić information content (AvgIpc) is 3.13. The monoisotopic (exact) mass is 351 g/mol. The first-order valence-corrected chi connectivity index (χ1v) is 9.99. The Morgan fingerprint density at radius 2 is 1.88 bits per heavy atom. The van der Waals surface area contributed by atoms with Crippen LogP contribution in [0.15, 0.2) is 29.2 Å². The van der Waals surface area contributed by atoms with E-state index in [1.807, 2.05) is 12.1 Å². The second-order valence-corrected chi connectivity index (χ2v) is 9.42. The second-order valence-electron chi connectivity index (χ2n) is 7.58. The second kappa shape index (κ2) is 5.85. The van der Waals surface area contributed by atoms with E-state index in [0.717, 1.165) is 18.4 Å². The topological polar surface area (TPSA) is 74.7 Å². The van der Waals surface area contributed by atoms with Gasteiger partial charge in [-0.15, -0.1) is 0 Å². The van der Waals surface area contributed by atoms with Crippen LogP contribution < -0.4 is 0 Å². The molecule has 0 amide bonds. The molecule has 6 heteroatoms. The van der Waals surface area contributed by atoms with E-state index in [4.69, 9.17) is 0 Å². The summed E-state index contributed by atoms with van der Waals surface area (Å²) >= 11 is 0. The van der Waals surface area contributed by atoms with Crippen molar-refractivity contribution in [3.05, 3.63) is 29.8 Å². The van der Waals surface area contributed by atoms with Crippen LogP contribution in [0, 0.1) is 5.92 Å². The van der Waals surface area contributed by atoms with Crippen LogP contribution in [0.2, 0.25) is 0 Å². The van der Waals surface area contributed by atoms with Gasteiger partial charge < -0.3 is 5.11 Å². The molecule has 24 heavy (non-hydrogen) atoms. The molecule has 2 saturated heterocycles. The third-order valence-corrected chi connectivity index (χ3v) is 7.88. The standard InChI is InChI=1S/C18H25NO4S/c1-4-18(2,3)12-5-8-14(9-6-12)24(22,23)19-13-7-10-16(19)15(11-13)17(20)21/h5-6,8-9,13,15-16H,4,7,10-11H2,1-3H3,(H,20,21). The highest BCUT2D eigenvalue weighted by Crippen LogP contribution is 2.45. The van der Waals surface area contributed by atoms with Crippen LogP contribution in [-0.4, -0.2) is 35.9 Å². The van der Waals surface area contributed by atoms with Gasteiger partial charge in [-0.2, -0.15) is 4.31 Å². The van der Waals surface area contributed by atoms with Crippen LogP contribution in [0.1, 0.15) is 52.0 Å². The van der Waals surface area contributed by atoms with Crippen LogP contribution in [0.25, 0.3) is 0 Å². The number of carboxylic acid groups (broad SMARTS) is 1. The number of sulfonamides is 1. The Balaban J connectivity index is 1.91. The summed E-state index contributed by atoms with van der Waals surface area (Å²) in [4.78, 5) is 11.6. The van der Waals surface area contributed by atoms with Gasteiger partial charge in [-0.05, 0) is 48.8 Å². The number of benzene rings is 1. The van der Waals surface area contributed by atoms with Crippen LogP contribution in [-0.2, 0) is 20.2 Å². The SMILES string of the molecule is CCC(C)(C)c1ccc(S(=O)(=O)N2C3CCC2C(C(=O)O)C3)cc1. The zero-order valence-electron chi connectivity index (χ0n) is 14.4. The highest BCUT2D eigenvalue weighted by Gasteiger charge is 2.54. The highest BCUT2D eigenvalue weighted by molar-refractivity contribution is 7.89. The lowest BCUT2D eigenvalue weighted by Gasteiger charge is -2.25. The summed E-state index contributed by atoms with van der Waals surface area (Å²) in [5.41, 5.74) is 1.11. The fourth-order valence-corrected chi connectivity index (χ4v) is 5.90. The van der Waals surface area contributed by atoms with Crippen molar-refractivity contribution < 1.29 is 18.3 Å². The fourth-order valence-electron chi connectivity index (χ4n) is 3.98. The van der Waals surface area contributed by atoms with Gasteiger partial charge in [0.1, 0.15) is 0 Å². The molecule has 0 spiro atoms. The summed E-state index contributed by atoms with van der Waals surface area (Å²) in [5.74, 6) is -1.46. The molecular formula is C18H25NO4S. The molecule has 0 saturated carbocycles. The predicted octanol–water partition coefficient (Wildman–Crippen LogP) is 3.00. The summed E-state index contributed by atoms with van der Waals surface area (Å²) in [7, 11) is -3.64. The number of carboxylic acids is 1. The average molecular weight is 351 g/mol. The minimum atomic E-state index is -3.64. The van der Waals surface area contributed by atoms with E-state index in [1.165, 1.54) is 4.31 Å². The zero-order valence-corrected chi connectivity index (χ0v) is 15.2. The van der Waals surface area contributed by atoms with Crippen molar-refractivity contribution in [3.8, 4) is 0 Å². The van der Waals surface area contributed by atoms with Gasteiger partial charge >= 0.3 is 5.97 Å². The first-order chi connectivity index (χ1) is 11.2. The third-order valence-electron chi connectivity index (χ3n) is 5.89. The Labute approximate surface area is 143 Å². The maximum Gasteiger partial charge on any atom is 0.308 e. The predicted molar refractivity (Wildman–Crippen MR) is 91.3 cm³/mol. The first-order valence-electron chi connectivity index (χ1n) is 8.55. The van der Waals surface area contributed by atoms with E-state index in [9.17, 15) is 18.3 Å². The van der Waals surface area contributed by atoms with Gasteiger partial charge in [0.15, 0.2) is 0 Å². The molecule has 5 nitrogen and oxygen atoms in total. The van der Waals surface area contributed by atoms with E-state index in [-0.39, 0.29) is 16.4 Å². The lowest BCUT2D eigenvalue weighted by Crippen LogP contribution is -2.37. The van der Waals surface area contributed by atoms with E-state index in [1.54, 1.807) is 12.1 Å². The number of fused-ring (bicyclic) bond motifs is 2. The number of rotatable bonds is 5. The minimum absolute atomic E-state index is 0.00334. The Morgan fingerprint density at radius 3 is 2.38 bits per heavy atom. The summed E-state index contributed by atoms with van der Waals surface area (Å²) < 4.78 is 27.5. The van der Waals surface area contributed by atoms with Crippen LogP contribution in [0.5, 0.6) is 0 Å². The van der Waals surface area contributed by atoms with Crippen molar-refractivity contribution in [2.45, 2.75) is 68.8 Å². The number of hydrogen-bond acceptors (Lipinski definition) is 3. The molecule has 2 aliphatic rings. The molecule has 2 aliphatic heterocycles. The molecule has 1 aromatic rings. The van der Waals surface area contributed by atoms with E-state index < -0.39 is 28.0 Å². The highest BCUT2D eigenvalue weighted by atomic mass is 32.2. The van der Waals surface area contributed by atoms with Gasteiger partial charge in [0.2, 0.25) is 10.0 Å². The number of aliphatic carboxylic acids is 1. The van der Waals surface area contributed by atoms with Gasteiger partial charge in [0, 0.05) is 12.1 Å². The van der Waals surface area contributed by atoms with Crippen molar-refractivity contribution in [3.63, 3.8) is 0 Å². The maximum atomic E-state index is 13.0. The molecule has 0 aliphatic carbocycles.